The van der Waals surface area contributed by atoms with Crippen molar-refractivity contribution in [2.75, 3.05) is 6.61 Å². The second-order valence-electron chi connectivity index (χ2n) is 5.42. The molecule has 0 aromatic heterocycles. The van der Waals surface area contributed by atoms with Gasteiger partial charge in [0.2, 0.25) is 0 Å². The Bertz CT molecular complexity index is 443. The van der Waals surface area contributed by atoms with Crippen LogP contribution in [0.1, 0.15) is 43.6 Å². The van der Waals surface area contributed by atoms with Crippen molar-refractivity contribution in [3.8, 4) is 0 Å². The lowest BCUT2D eigenvalue weighted by Gasteiger charge is -2.20. The highest BCUT2D eigenvalue weighted by molar-refractivity contribution is 5.91. The van der Waals surface area contributed by atoms with Crippen LogP contribution in [0.4, 0.5) is 0 Å². The van der Waals surface area contributed by atoms with Crippen molar-refractivity contribution in [2.45, 2.75) is 39.7 Å². The van der Waals surface area contributed by atoms with Crippen LogP contribution in [0.25, 0.3) is 0 Å². The normalized spacial score (nSPS) is 10.9. The maximum absolute atomic E-state index is 11.7. The molecule has 1 amide bonds. The van der Waals surface area contributed by atoms with E-state index in [9.17, 15) is 9.59 Å². The Morgan fingerprint density at radius 1 is 1.16 bits per heavy atom. The SMILES string of the molecule is CCc1ccc(C(=O)OCC(=O)NC(C)(C)C)cc1. The fraction of sp³-hybridized carbons (Fsp3) is 0.467. The number of benzene rings is 1. The predicted molar refractivity (Wildman–Crippen MR) is 74.0 cm³/mol. The molecule has 19 heavy (non-hydrogen) atoms. The average Bonchev–Trinajstić information content (AvgIpc) is 2.34. The summed E-state index contributed by atoms with van der Waals surface area (Å²) in [6, 6.07) is 7.18. The molecule has 0 saturated heterocycles. The average molecular weight is 263 g/mol. The van der Waals surface area contributed by atoms with Gasteiger partial charge < -0.3 is 10.1 Å². The van der Waals surface area contributed by atoms with Crippen molar-refractivity contribution >= 4 is 11.9 Å². The molecule has 0 fully saturated rings. The van der Waals surface area contributed by atoms with Crippen molar-refractivity contribution in [3.63, 3.8) is 0 Å². The largest absolute Gasteiger partial charge is 0.452 e. The summed E-state index contributed by atoms with van der Waals surface area (Å²) in [6.45, 7) is 7.40. The van der Waals surface area contributed by atoms with Crippen LogP contribution in [-0.2, 0) is 16.0 Å². The first-order valence-electron chi connectivity index (χ1n) is 6.39. The first kappa shape index (κ1) is 15.2. The fourth-order valence-corrected chi connectivity index (χ4v) is 1.55. The number of carbonyl (C=O) groups excluding carboxylic acids is 2. The Kier molecular flexibility index (Phi) is 5.10. The van der Waals surface area contributed by atoms with E-state index in [-0.39, 0.29) is 18.1 Å². The van der Waals surface area contributed by atoms with Gasteiger partial charge in [0.25, 0.3) is 5.91 Å². The lowest BCUT2D eigenvalue weighted by molar-refractivity contribution is -0.125. The second kappa shape index (κ2) is 6.36. The van der Waals surface area contributed by atoms with Crippen molar-refractivity contribution < 1.29 is 14.3 Å². The first-order valence-corrected chi connectivity index (χ1v) is 6.39. The molecular weight excluding hydrogens is 242 g/mol. The van der Waals surface area contributed by atoms with Crippen molar-refractivity contribution in [3.05, 3.63) is 35.4 Å². The van der Waals surface area contributed by atoms with Gasteiger partial charge in [-0.2, -0.15) is 0 Å². The first-order chi connectivity index (χ1) is 8.81. The van der Waals surface area contributed by atoms with E-state index in [1.807, 2.05) is 39.8 Å². The summed E-state index contributed by atoms with van der Waals surface area (Å²) in [6.07, 6.45) is 0.920. The van der Waals surface area contributed by atoms with Crippen LogP contribution in [0.15, 0.2) is 24.3 Å². The van der Waals surface area contributed by atoms with Gasteiger partial charge in [0, 0.05) is 5.54 Å². The molecule has 0 atom stereocenters. The molecular formula is C15H21NO3. The van der Waals surface area contributed by atoms with Gasteiger partial charge in [-0.05, 0) is 44.9 Å². The van der Waals surface area contributed by atoms with Gasteiger partial charge in [-0.25, -0.2) is 4.79 Å². The predicted octanol–water partition coefficient (Wildman–Crippen LogP) is 2.32. The number of ether oxygens (including phenoxy) is 1. The molecule has 0 aliphatic heterocycles. The van der Waals surface area contributed by atoms with E-state index in [2.05, 4.69) is 5.32 Å². The van der Waals surface area contributed by atoms with Crippen LogP contribution in [0.2, 0.25) is 0 Å². The Hall–Kier alpha value is -1.84. The molecule has 4 heteroatoms. The van der Waals surface area contributed by atoms with Gasteiger partial charge in [-0.15, -0.1) is 0 Å². The highest BCUT2D eigenvalue weighted by Gasteiger charge is 2.15. The maximum atomic E-state index is 11.7. The number of amides is 1. The highest BCUT2D eigenvalue weighted by Crippen LogP contribution is 2.06. The topological polar surface area (TPSA) is 55.4 Å². The minimum Gasteiger partial charge on any atom is -0.452 e. The quantitative estimate of drug-likeness (QED) is 0.848. The highest BCUT2D eigenvalue weighted by atomic mass is 16.5. The molecule has 0 spiro atoms. The van der Waals surface area contributed by atoms with Crippen molar-refractivity contribution in [2.24, 2.45) is 0 Å². The van der Waals surface area contributed by atoms with E-state index in [0.29, 0.717) is 5.56 Å². The zero-order chi connectivity index (χ0) is 14.5. The molecule has 0 bridgehead atoms. The van der Waals surface area contributed by atoms with E-state index in [1.54, 1.807) is 12.1 Å². The number of esters is 1. The molecule has 0 unspecified atom stereocenters. The molecule has 0 aliphatic carbocycles. The van der Waals surface area contributed by atoms with Crippen molar-refractivity contribution in [1.82, 2.24) is 5.32 Å². The molecule has 1 rings (SSSR count). The Balaban J connectivity index is 2.49. The summed E-state index contributed by atoms with van der Waals surface area (Å²) in [7, 11) is 0. The smallest absolute Gasteiger partial charge is 0.338 e. The third kappa shape index (κ3) is 5.55. The van der Waals surface area contributed by atoms with Crippen LogP contribution in [-0.4, -0.2) is 24.0 Å². The van der Waals surface area contributed by atoms with Gasteiger partial charge >= 0.3 is 5.97 Å². The van der Waals surface area contributed by atoms with Gasteiger partial charge in [-0.1, -0.05) is 19.1 Å². The molecule has 0 aliphatic rings. The van der Waals surface area contributed by atoms with E-state index in [1.165, 1.54) is 0 Å². The summed E-state index contributed by atoms with van der Waals surface area (Å²) in [5.74, 6) is -0.780. The van der Waals surface area contributed by atoms with Crippen LogP contribution >= 0.6 is 0 Å². The number of hydrogen-bond acceptors (Lipinski definition) is 3. The number of rotatable bonds is 4. The van der Waals surface area contributed by atoms with E-state index >= 15 is 0 Å². The summed E-state index contributed by atoms with van der Waals surface area (Å²) >= 11 is 0. The molecule has 0 saturated carbocycles. The minimum atomic E-state index is -0.480. The number of aryl methyl sites for hydroxylation is 1. The molecule has 4 nitrogen and oxygen atoms in total. The molecule has 1 aromatic rings. The summed E-state index contributed by atoms with van der Waals surface area (Å²) in [5.41, 5.74) is 1.29. The van der Waals surface area contributed by atoms with Crippen LogP contribution in [0, 0.1) is 0 Å². The summed E-state index contributed by atoms with van der Waals surface area (Å²) in [4.78, 5) is 23.2. The standard InChI is InChI=1S/C15H21NO3/c1-5-11-6-8-12(9-7-11)14(18)19-10-13(17)16-15(2,3)4/h6-9H,5,10H2,1-4H3,(H,16,17). The van der Waals surface area contributed by atoms with Gasteiger partial charge in [0.15, 0.2) is 6.61 Å². The number of carbonyl (C=O) groups is 2. The minimum absolute atomic E-state index is 0.258. The summed E-state index contributed by atoms with van der Waals surface area (Å²) in [5, 5.41) is 2.73. The molecule has 0 radical (unpaired) electrons. The summed E-state index contributed by atoms with van der Waals surface area (Å²) < 4.78 is 4.96. The van der Waals surface area contributed by atoms with E-state index < -0.39 is 5.97 Å². The Labute approximate surface area is 114 Å². The third-order valence-corrected chi connectivity index (χ3v) is 2.45. The number of hydrogen-bond donors (Lipinski definition) is 1. The molecule has 0 heterocycles. The molecule has 1 aromatic carbocycles. The van der Waals surface area contributed by atoms with Crippen LogP contribution in [0.5, 0.6) is 0 Å². The number of nitrogens with one attached hydrogen (secondary N) is 1. The van der Waals surface area contributed by atoms with Crippen LogP contribution in [0.3, 0.4) is 0 Å². The van der Waals surface area contributed by atoms with E-state index in [0.717, 1.165) is 12.0 Å². The van der Waals surface area contributed by atoms with Crippen LogP contribution < -0.4 is 5.32 Å². The fourth-order valence-electron chi connectivity index (χ4n) is 1.55. The Morgan fingerprint density at radius 2 is 1.74 bits per heavy atom. The van der Waals surface area contributed by atoms with Gasteiger partial charge in [0.1, 0.15) is 0 Å². The van der Waals surface area contributed by atoms with Crippen molar-refractivity contribution in [1.29, 1.82) is 0 Å². The maximum Gasteiger partial charge on any atom is 0.338 e. The zero-order valence-corrected chi connectivity index (χ0v) is 11.9. The molecule has 104 valence electrons. The lowest BCUT2D eigenvalue weighted by Crippen LogP contribution is -2.42. The second-order valence-corrected chi connectivity index (χ2v) is 5.42. The molecule has 1 N–H and O–H groups in total. The van der Waals surface area contributed by atoms with E-state index in [4.69, 9.17) is 4.74 Å². The lowest BCUT2D eigenvalue weighted by atomic mass is 10.1. The zero-order valence-electron chi connectivity index (χ0n) is 11.9. The van der Waals surface area contributed by atoms with Gasteiger partial charge in [0.05, 0.1) is 5.56 Å². The van der Waals surface area contributed by atoms with Gasteiger partial charge in [-0.3, -0.25) is 4.79 Å². The monoisotopic (exact) mass is 263 g/mol. The third-order valence-electron chi connectivity index (χ3n) is 2.45. The Morgan fingerprint density at radius 3 is 2.21 bits per heavy atom.